The SMILES string of the molecule is CCc1c(NN)ncnc1NC(C)(C)COC. The van der Waals surface area contributed by atoms with Gasteiger partial charge in [0.2, 0.25) is 0 Å². The molecule has 17 heavy (non-hydrogen) atoms. The molecule has 0 unspecified atom stereocenters. The van der Waals surface area contributed by atoms with Crippen molar-refractivity contribution < 1.29 is 4.74 Å². The first-order valence-electron chi connectivity index (χ1n) is 5.61. The third-order valence-electron chi connectivity index (χ3n) is 2.40. The Bertz CT molecular complexity index is 367. The molecule has 1 aromatic rings. The summed E-state index contributed by atoms with van der Waals surface area (Å²) < 4.78 is 5.16. The maximum absolute atomic E-state index is 5.42. The van der Waals surface area contributed by atoms with Crippen molar-refractivity contribution in [2.75, 3.05) is 24.5 Å². The van der Waals surface area contributed by atoms with Crippen LogP contribution in [-0.2, 0) is 11.2 Å². The maximum atomic E-state index is 5.42. The Labute approximate surface area is 102 Å². The van der Waals surface area contributed by atoms with Crippen LogP contribution in [0.15, 0.2) is 6.33 Å². The second kappa shape index (κ2) is 5.79. The second-order valence-corrected chi connectivity index (χ2v) is 4.49. The van der Waals surface area contributed by atoms with Crippen LogP contribution >= 0.6 is 0 Å². The highest BCUT2D eigenvalue weighted by atomic mass is 16.5. The number of aromatic nitrogens is 2. The number of hydrazine groups is 1. The molecule has 6 nitrogen and oxygen atoms in total. The molecule has 1 aromatic heterocycles. The Hall–Kier alpha value is -1.40. The van der Waals surface area contributed by atoms with Gasteiger partial charge in [-0.1, -0.05) is 6.92 Å². The van der Waals surface area contributed by atoms with E-state index in [9.17, 15) is 0 Å². The summed E-state index contributed by atoms with van der Waals surface area (Å²) >= 11 is 0. The fourth-order valence-electron chi connectivity index (χ4n) is 1.70. The van der Waals surface area contributed by atoms with Crippen LogP contribution in [0.4, 0.5) is 11.6 Å². The Morgan fingerprint density at radius 3 is 2.53 bits per heavy atom. The minimum absolute atomic E-state index is 0.196. The molecule has 4 N–H and O–H groups in total. The van der Waals surface area contributed by atoms with Crippen LogP contribution < -0.4 is 16.6 Å². The fraction of sp³-hybridized carbons (Fsp3) is 0.636. The molecular formula is C11H21N5O. The van der Waals surface area contributed by atoms with Gasteiger partial charge in [0, 0.05) is 12.7 Å². The van der Waals surface area contributed by atoms with E-state index in [0.717, 1.165) is 17.8 Å². The minimum atomic E-state index is -0.196. The number of methoxy groups -OCH3 is 1. The highest BCUT2D eigenvalue weighted by molar-refractivity contribution is 5.57. The second-order valence-electron chi connectivity index (χ2n) is 4.49. The number of nitrogen functional groups attached to an aromatic ring is 1. The first kappa shape index (κ1) is 13.7. The molecule has 0 fully saturated rings. The van der Waals surface area contributed by atoms with E-state index in [0.29, 0.717) is 12.4 Å². The number of hydrogen-bond donors (Lipinski definition) is 3. The van der Waals surface area contributed by atoms with Crippen LogP contribution in [0, 0.1) is 0 Å². The average Bonchev–Trinajstić information content (AvgIpc) is 2.27. The summed E-state index contributed by atoms with van der Waals surface area (Å²) in [6.45, 7) is 6.72. The van der Waals surface area contributed by atoms with Crippen LogP contribution in [0.25, 0.3) is 0 Å². The van der Waals surface area contributed by atoms with Crippen molar-refractivity contribution in [3.05, 3.63) is 11.9 Å². The van der Waals surface area contributed by atoms with E-state index in [-0.39, 0.29) is 5.54 Å². The lowest BCUT2D eigenvalue weighted by molar-refractivity contribution is 0.158. The molecular weight excluding hydrogens is 218 g/mol. The largest absolute Gasteiger partial charge is 0.382 e. The van der Waals surface area contributed by atoms with Crippen molar-refractivity contribution >= 4 is 11.6 Å². The molecule has 0 aliphatic heterocycles. The van der Waals surface area contributed by atoms with E-state index >= 15 is 0 Å². The average molecular weight is 239 g/mol. The topological polar surface area (TPSA) is 85.1 Å². The van der Waals surface area contributed by atoms with Gasteiger partial charge < -0.3 is 15.5 Å². The van der Waals surface area contributed by atoms with Crippen LogP contribution in [0.3, 0.4) is 0 Å². The number of anilines is 2. The number of nitrogens with zero attached hydrogens (tertiary/aromatic N) is 2. The van der Waals surface area contributed by atoms with Gasteiger partial charge in [0.1, 0.15) is 18.0 Å². The molecule has 0 aromatic carbocycles. The smallest absolute Gasteiger partial charge is 0.148 e. The van der Waals surface area contributed by atoms with Crippen molar-refractivity contribution in [2.24, 2.45) is 5.84 Å². The maximum Gasteiger partial charge on any atom is 0.148 e. The van der Waals surface area contributed by atoms with Crippen molar-refractivity contribution in [2.45, 2.75) is 32.7 Å². The zero-order chi connectivity index (χ0) is 12.9. The predicted octanol–water partition coefficient (Wildman–Crippen LogP) is 1.16. The number of hydrogen-bond acceptors (Lipinski definition) is 6. The summed E-state index contributed by atoms with van der Waals surface area (Å²) in [5.41, 5.74) is 3.36. The molecule has 0 atom stereocenters. The van der Waals surface area contributed by atoms with Gasteiger partial charge in [-0.3, -0.25) is 0 Å². The molecule has 1 rings (SSSR count). The molecule has 0 bridgehead atoms. The molecule has 1 heterocycles. The molecule has 0 saturated carbocycles. The lowest BCUT2D eigenvalue weighted by Gasteiger charge is -2.27. The van der Waals surface area contributed by atoms with Crippen LogP contribution in [0.2, 0.25) is 0 Å². The van der Waals surface area contributed by atoms with Gasteiger partial charge in [-0.25, -0.2) is 15.8 Å². The van der Waals surface area contributed by atoms with Crippen LogP contribution in [-0.4, -0.2) is 29.2 Å². The van der Waals surface area contributed by atoms with Gasteiger partial charge in [-0.05, 0) is 20.3 Å². The number of rotatable bonds is 6. The van der Waals surface area contributed by atoms with Crippen molar-refractivity contribution in [3.8, 4) is 0 Å². The minimum Gasteiger partial charge on any atom is -0.382 e. The lowest BCUT2D eigenvalue weighted by atomic mass is 10.1. The van der Waals surface area contributed by atoms with E-state index in [1.807, 2.05) is 20.8 Å². The van der Waals surface area contributed by atoms with Crippen molar-refractivity contribution in [1.82, 2.24) is 9.97 Å². The third-order valence-corrected chi connectivity index (χ3v) is 2.40. The van der Waals surface area contributed by atoms with Gasteiger partial charge in [0.05, 0.1) is 12.1 Å². The van der Waals surface area contributed by atoms with Gasteiger partial charge in [-0.2, -0.15) is 0 Å². The van der Waals surface area contributed by atoms with E-state index in [4.69, 9.17) is 10.6 Å². The Morgan fingerprint density at radius 2 is 2.00 bits per heavy atom. The summed E-state index contributed by atoms with van der Waals surface area (Å²) in [4.78, 5) is 8.34. The van der Waals surface area contributed by atoms with Crippen molar-refractivity contribution in [1.29, 1.82) is 0 Å². The first-order valence-corrected chi connectivity index (χ1v) is 5.61. The van der Waals surface area contributed by atoms with E-state index in [1.54, 1.807) is 7.11 Å². The summed E-state index contributed by atoms with van der Waals surface area (Å²) in [6.07, 6.45) is 2.28. The molecule has 0 amide bonds. The number of ether oxygens (including phenoxy) is 1. The predicted molar refractivity (Wildman–Crippen MR) is 68.8 cm³/mol. The lowest BCUT2D eigenvalue weighted by Crippen LogP contribution is -2.36. The molecule has 0 aliphatic carbocycles. The summed E-state index contributed by atoms with van der Waals surface area (Å²) in [6, 6.07) is 0. The molecule has 0 saturated heterocycles. The van der Waals surface area contributed by atoms with Crippen LogP contribution in [0.5, 0.6) is 0 Å². The number of nitrogens with one attached hydrogen (secondary N) is 2. The summed E-state index contributed by atoms with van der Waals surface area (Å²) in [7, 11) is 1.68. The van der Waals surface area contributed by atoms with Gasteiger partial charge >= 0.3 is 0 Å². The standard InChI is InChI=1S/C11H21N5O/c1-5-8-9(13-7-14-10(8)16-12)15-11(2,3)6-17-4/h7H,5-6,12H2,1-4H3,(H2,13,14,15,16). The fourth-order valence-corrected chi connectivity index (χ4v) is 1.70. The molecule has 6 heteroatoms. The quantitative estimate of drug-likeness (QED) is 0.510. The van der Waals surface area contributed by atoms with Crippen LogP contribution in [0.1, 0.15) is 26.3 Å². The van der Waals surface area contributed by atoms with Gasteiger partial charge in [0.15, 0.2) is 0 Å². The van der Waals surface area contributed by atoms with E-state index < -0.39 is 0 Å². The molecule has 0 radical (unpaired) electrons. The Kier molecular flexibility index (Phi) is 4.65. The summed E-state index contributed by atoms with van der Waals surface area (Å²) in [5.74, 6) is 6.87. The normalized spacial score (nSPS) is 11.4. The Morgan fingerprint density at radius 1 is 1.35 bits per heavy atom. The van der Waals surface area contributed by atoms with E-state index in [1.165, 1.54) is 6.33 Å². The highest BCUT2D eigenvalue weighted by Crippen LogP contribution is 2.22. The monoisotopic (exact) mass is 239 g/mol. The van der Waals surface area contributed by atoms with Gasteiger partial charge in [-0.15, -0.1) is 0 Å². The third kappa shape index (κ3) is 3.54. The molecule has 0 spiro atoms. The summed E-state index contributed by atoms with van der Waals surface area (Å²) in [5, 5.41) is 3.34. The first-order chi connectivity index (χ1) is 8.04. The van der Waals surface area contributed by atoms with E-state index in [2.05, 4.69) is 20.7 Å². The molecule has 96 valence electrons. The highest BCUT2D eigenvalue weighted by Gasteiger charge is 2.20. The zero-order valence-corrected chi connectivity index (χ0v) is 10.9. The Balaban J connectivity index is 2.98. The zero-order valence-electron chi connectivity index (χ0n) is 10.9. The number of nitrogens with two attached hydrogens (primary N) is 1. The van der Waals surface area contributed by atoms with Gasteiger partial charge in [0.25, 0.3) is 0 Å². The van der Waals surface area contributed by atoms with Crippen molar-refractivity contribution in [3.63, 3.8) is 0 Å². The molecule has 0 aliphatic rings.